The highest BCUT2D eigenvalue weighted by Crippen LogP contribution is 2.20. The molecule has 0 unspecified atom stereocenters. The molecular weight excluding hydrogens is 408 g/mol. The summed E-state index contributed by atoms with van der Waals surface area (Å²) in [6, 6.07) is 7.68. The van der Waals surface area contributed by atoms with Crippen LogP contribution in [0.1, 0.15) is 51.5 Å². The van der Waals surface area contributed by atoms with E-state index in [0.29, 0.717) is 17.6 Å². The number of nitrogens with zero attached hydrogens (tertiary/aromatic N) is 3. The minimum Gasteiger partial charge on any atom is -0.341 e. The number of aryl methyl sites for hydroxylation is 1. The topological polar surface area (TPSA) is 81.1 Å². The van der Waals surface area contributed by atoms with E-state index in [9.17, 15) is 4.79 Å². The summed E-state index contributed by atoms with van der Waals surface area (Å²) < 4.78 is 0. The van der Waals surface area contributed by atoms with Gasteiger partial charge in [0, 0.05) is 38.6 Å². The van der Waals surface area contributed by atoms with Gasteiger partial charge in [-0.25, -0.2) is 9.79 Å². The van der Waals surface area contributed by atoms with Crippen LogP contribution in [0.5, 0.6) is 0 Å². The summed E-state index contributed by atoms with van der Waals surface area (Å²) in [4.78, 5) is 23.2. The third kappa shape index (κ3) is 8.65. The molecular formula is C23H36N6OS. The fourth-order valence-electron chi connectivity index (χ4n) is 3.62. The van der Waals surface area contributed by atoms with Crippen molar-refractivity contribution < 1.29 is 4.79 Å². The molecule has 0 bridgehead atoms. The predicted molar refractivity (Wildman–Crippen MR) is 134 cm³/mol. The molecule has 1 aromatic carbocycles. The molecule has 1 aliphatic heterocycles. The lowest BCUT2D eigenvalue weighted by Gasteiger charge is -2.32. The zero-order valence-corrected chi connectivity index (χ0v) is 19.8. The SMILES string of the molecule is CCCC=NC(=NC)N1CCC(CCNC(=O)NC(=S)Nc2ccccc2CC)CC1. The number of amides is 2. The van der Waals surface area contributed by atoms with Crippen LogP contribution in [0.4, 0.5) is 10.5 Å². The molecule has 31 heavy (non-hydrogen) atoms. The van der Waals surface area contributed by atoms with Gasteiger partial charge >= 0.3 is 6.03 Å². The molecule has 7 nitrogen and oxygen atoms in total. The second-order valence-electron chi connectivity index (χ2n) is 7.69. The first-order valence-electron chi connectivity index (χ1n) is 11.2. The Morgan fingerprint density at radius 3 is 2.68 bits per heavy atom. The van der Waals surface area contributed by atoms with E-state index in [1.807, 2.05) is 30.5 Å². The third-order valence-corrected chi connectivity index (χ3v) is 5.64. The van der Waals surface area contributed by atoms with Crippen molar-refractivity contribution in [3.05, 3.63) is 29.8 Å². The molecule has 1 heterocycles. The molecule has 170 valence electrons. The summed E-state index contributed by atoms with van der Waals surface area (Å²) in [6.45, 7) is 6.78. The van der Waals surface area contributed by atoms with Gasteiger partial charge in [0.25, 0.3) is 0 Å². The molecule has 2 rings (SSSR count). The smallest absolute Gasteiger partial charge is 0.321 e. The number of urea groups is 1. The Balaban J connectivity index is 1.66. The maximum Gasteiger partial charge on any atom is 0.321 e. The molecule has 0 spiro atoms. The number of likely N-dealkylation sites (tertiary alicyclic amines) is 1. The maximum absolute atomic E-state index is 12.2. The number of carbonyl (C=O) groups excluding carboxylic acids is 1. The van der Waals surface area contributed by atoms with Crippen molar-refractivity contribution in [2.24, 2.45) is 15.9 Å². The van der Waals surface area contributed by atoms with Gasteiger partial charge in [-0.2, -0.15) is 0 Å². The van der Waals surface area contributed by atoms with Gasteiger partial charge < -0.3 is 15.5 Å². The number of benzene rings is 1. The first kappa shape index (κ1) is 24.8. The normalized spacial score (nSPS) is 15.2. The zero-order chi connectivity index (χ0) is 22.5. The van der Waals surface area contributed by atoms with Crippen LogP contribution in [0, 0.1) is 5.92 Å². The fourth-order valence-corrected chi connectivity index (χ4v) is 3.82. The van der Waals surface area contributed by atoms with Crippen molar-refractivity contribution in [2.75, 3.05) is 32.0 Å². The summed E-state index contributed by atoms with van der Waals surface area (Å²) in [5, 5.41) is 9.03. The number of hydrogen-bond donors (Lipinski definition) is 3. The number of hydrogen-bond acceptors (Lipinski definition) is 3. The van der Waals surface area contributed by atoms with E-state index in [1.54, 1.807) is 7.05 Å². The van der Waals surface area contributed by atoms with Crippen molar-refractivity contribution in [1.82, 2.24) is 15.5 Å². The van der Waals surface area contributed by atoms with Crippen LogP contribution in [-0.4, -0.2) is 54.9 Å². The van der Waals surface area contributed by atoms with Crippen LogP contribution < -0.4 is 16.0 Å². The van der Waals surface area contributed by atoms with E-state index in [-0.39, 0.29) is 6.03 Å². The second-order valence-corrected chi connectivity index (χ2v) is 8.10. The maximum atomic E-state index is 12.2. The zero-order valence-electron chi connectivity index (χ0n) is 19.0. The summed E-state index contributed by atoms with van der Waals surface area (Å²) in [6.07, 6.45) is 8.05. The van der Waals surface area contributed by atoms with Gasteiger partial charge in [-0.3, -0.25) is 10.3 Å². The highest BCUT2D eigenvalue weighted by Gasteiger charge is 2.21. The first-order chi connectivity index (χ1) is 15.1. The quantitative estimate of drug-likeness (QED) is 0.334. The van der Waals surface area contributed by atoms with Gasteiger partial charge in [-0.05, 0) is 61.9 Å². The average Bonchev–Trinajstić information content (AvgIpc) is 2.77. The number of thiocarbonyl (C=S) groups is 1. The predicted octanol–water partition coefficient (Wildman–Crippen LogP) is 4.20. The Kier molecular flexibility index (Phi) is 11.0. The third-order valence-electron chi connectivity index (χ3n) is 5.43. The van der Waals surface area contributed by atoms with Gasteiger partial charge in [0.15, 0.2) is 5.11 Å². The summed E-state index contributed by atoms with van der Waals surface area (Å²) in [5.41, 5.74) is 2.09. The summed E-state index contributed by atoms with van der Waals surface area (Å²) >= 11 is 5.27. The number of guanidine groups is 1. The average molecular weight is 445 g/mol. The van der Waals surface area contributed by atoms with Gasteiger partial charge in [0.2, 0.25) is 5.96 Å². The minimum atomic E-state index is -0.269. The monoisotopic (exact) mass is 444 g/mol. The van der Waals surface area contributed by atoms with E-state index in [4.69, 9.17) is 12.2 Å². The molecule has 1 fully saturated rings. The highest BCUT2D eigenvalue weighted by atomic mass is 32.1. The lowest BCUT2D eigenvalue weighted by Crippen LogP contribution is -2.43. The van der Waals surface area contributed by atoms with Crippen molar-refractivity contribution >= 4 is 41.2 Å². The van der Waals surface area contributed by atoms with Gasteiger partial charge in [0.1, 0.15) is 0 Å². The Morgan fingerprint density at radius 2 is 2.00 bits per heavy atom. The van der Waals surface area contributed by atoms with Crippen LogP contribution in [0.2, 0.25) is 0 Å². The molecule has 1 aromatic rings. The second kappa shape index (κ2) is 13.7. The Morgan fingerprint density at radius 1 is 1.26 bits per heavy atom. The molecule has 1 aliphatic rings. The number of unbranched alkanes of at least 4 members (excludes halogenated alkanes) is 1. The minimum absolute atomic E-state index is 0.269. The van der Waals surface area contributed by atoms with Crippen molar-refractivity contribution in [3.63, 3.8) is 0 Å². The van der Waals surface area contributed by atoms with Gasteiger partial charge in [-0.15, -0.1) is 0 Å². The van der Waals surface area contributed by atoms with Crippen molar-refractivity contribution in [2.45, 2.75) is 52.4 Å². The molecule has 3 N–H and O–H groups in total. The molecule has 0 saturated carbocycles. The molecule has 8 heteroatoms. The molecule has 0 aliphatic carbocycles. The largest absolute Gasteiger partial charge is 0.341 e. The number of para-hydroxylation sites is 1. The first-order valence-corrected chi connectivity index (χ1v) is 11.7. The lowest BCUT2D eigenvalue weighted by atomic mass is 9.94. The Hall–Kier alpha value is -2.48. The van der Waals surface area contributed by atoms with Crippen LogP contribution >= 0.6 is 12.2 Å². The molecule has 0 atom stereocenters. The van der Waals surface area contributed by atoms with E-state index in [1.165, 1.54) is 0 Å². The Labute approximate surface area is 191 Å². The number of piperidine rings is 1. The number of nitrogens with one attached hydrogen (secondary N) is 3. The van der Waals surface area contributed by atoms with Crippen molar-refractivity contribution in [3.8, 4) is 0 Å². The van der Waals surface area contributed by atoms with E-state index >= 15 is 0 Å². The van der Waals surface area contributed by atoms with Gasteiger partial charge in [-0.1, -0.05) is 38.5 Å². The van der Waals surface area contributed by atoms with Crippen LogP contribution in [0.3, 0.4) is 0 Å². The van der Waals surface area contributed by atoms with Crippen LogP contribution in [0.15, 0.2) is 34.3 Å². The van der Waals surface area contributed by atoms with Crippen molar-refractivity contribution in [1.29, 1.82) is 0 Å². The highest BCUT2D eigenvalue weighted by molar-refractivity contribution is 7.80. The molecule has 0 radical (unpaired) electrons. The fraction of sp³-hybridized carbons (Fsp3) is 0.565. The number of rotatable bonds is 7. The van der Waals surface area contributed by atoms with Gasteiger partial charge in [0.05, 0.1) is 0 Å². The standard InChI is InChI=1S/C23H36N6OS/c1-4-6-14-25-21(24-3)29-16-12-18(13-17-29)11-15-26-22(30)28-23(31)27-20-10-8-7-9-19(20)5-2/h7-10,14,18H,4-6,11-13,15-17H2,1-3H3,(H3,26,27,28,30,31). The summed E-state index contributed by atoms with van der Waals surface area (Å²) in [5.74, 6) is 1.42. The van der Waals surface area contributed by atoms with E-state index in [2.05, 4.69) is 44.7 Å². The number of aliphatic imine (C=N–C) groups is 2. The summed E-state index contributed by atoms with van der Waals surface area (Å²) in [7, 11) is 1.80. The van der Waals surface area contributed by atoms with E-state index < -0.39 is 0 Å². The van der Waals surface area contributed by atoms with Crippen LogP contribution in [0.25, 0.3) is 0 Å². The van der Waals surface area contributed by atoms with E-state index in [0.717, 1.165) is 68.8 Å². The molecule has 0 aromatic heterocycles. The molecule has 1 saturated heterocycles. The van der Waals surface area contributed by atoms with Crippen LogP contribution in [-0.2, 0) is 6.42 Å². The number of carbonyl (C=O) groups is 1. The lowest BCUT2D eigenvalue weighted by molar-refractivity contribution is 0.237. The number of anilines is 1. The molecule has 2 amide bonds. The Bertz CT molecular complexity index is 771.